The lowest BCUT2D eigenvalue weighted by Crippen LogP contribution is -2.24. The molecular weight excluding hydrogens is 519 g/mol. The molecule has 1 N–H and O–H groups in total. The van der Waals surface area contributed by atoms with E-state index in [4.69, 9.17) is 42.1 Å². The maximum atomic E-state index is 12.4. The van der Waals surface area contributed by atoms with Crippen LogP contribution < -0.4 is 24.4 Å². The second kappa shape index (κ2) is 14.1. The van der Waals surface area contributed by atoms with Crippen LogP contribution >= 0.6 is 23.2 Å². The zero-order valence-electron chi connectivity index (χ0n) is 20.3. The highest BCUT2D eigenvalue weighted by atomic mass is 35.5. The summed E-state index contributed by atoms with van der Waals surface area (Å²) >= 11 is 11.9. The molecule has 0 fully saturated rings. The monoisotopic (exact) mass is 544 g/mol. The maximum Gasteiger partial charge on any atom is 0.343 e. The summed E-state index contributed by atoms with van der Waals surface area (Å²) in [4.78, 5) is 24.5. The van der Waals surface area contributed by atoms with Crippen molar-refractivity contribution in [3.05, 3.63) is 81.8 Å². The van der Waals surface area contributed by atoms with Crippen molar-refractivity contribution in [2.45, 2.75) is 19.8 Å². The molecule has 0 atom stereocenters. The fourth-order valence-electron chi connectivity index (χ4n) is 2.96. The first kappa shape index (κ1) is 27.8. The van der Waals surface area contributed by atoms with Crippen LogP contribution in [0.2, 0.25) is 10.0 Å². The Morgan fingerprint density at radius 3 is 2.32 bits per heavy atom. The molecule has 0 saturated heterocycles. The molecule has 0 aromatic heterocycles. The van der Waals surface area contributed by atoms with Gasteiger partial charge in [0.2, 0.25) is 0 Å². The Kier molecular flexibility index (Phi) is 10.6. The van der Waals surface area contributed by atoms with E-state index in [1.807, 2.05) is 0 Å². The number of hydrogen-bond donors (Lipinski definition) is 1. The van der Waals surface area contributed by atoms with Crippen LogP contribution in [0.5, 0.6) is 23.0 Å². The Balaban J connectivity index is 1.50. The number of rotatable bonds is 12. The van der Waals surface area contributed by atoms with Crippen molar-refractivity contribution in [2.24, 2.45) is 5.10 Å². The number of unbranched alkanes of at least 4 members (excludes halogenated alkanes) is 1. The summed E-state index contributed by atoms with van der Waals surface area (Å²) in [6, 6.07) is 16.3. The maximum absolute atomic E-state index is 12.4. The van der Waals surface area contributed by atoms with Gasteiger partial charge in [-0.2, -0.15) is 5.10 Å². The lowest BCUT2D eigenvalue weighted by molar-refractivity contribution is -0.123. The zero-order valence-corrected chi connectivity index (χ0v) is 21.8. The van der Waals surface area contributed by atoms with E-state index in [0.717, 1.165) is 18.6 Å². The lowest BCUT2D eigenvalue weighted by Gasteiger charge is -2.10. The third-order valence-electron chi connectivity index (χ3n) is 4.91. The van der Waals surface area contributed by atoms with E-state index in [9.17, 15) is 9.59 Å². The molecule has 0 saturated carbocycles. The average molecular weight is 545 g/mol. The number of nitrogens with one attached hydrogen (secondary N) is 1. The summed E-state index contributed by atoms with van der Waals surface area (Å²) in [5.74, 6) is 0.741. The van der Waals surface area contributed by atoms with Gasteiger partial charge in [-0.05, 0) is 72.6 Å². The standard InChI is InChI=1S/C27H26Cl2N2O6/c1-3-4-13-35-20-7-9-21(10-8-20)36-17-26(32)31-30-16-18-5-12-24(25(14-18)34-2)37-27(33)19-6-11-22(28)23(29)15-19/h5-12,14-16H,3-4,13,17H2,1-2H3,(H,31,32). The molecule has 0 heterocycles. The minimum absolute atomic E-state index is 0.204. The highest BCUT2D eigenvalue weighted by molar-refractivity contribution is 6.42. The van der Waals surface area contributed by atoms with Gasteiger partial charge in [0, 0.05) is 0 Å². The van der Waals surface area contributed by atoms with E-state index in [1.54, 1.807) is 42.5 Å². The van der Waals surface area contributed by atoms with Crippen LogP contribution in [0, 0.1) is 0 Å². The van der Waals surface area contributed by atoms with Gasteiger partial charge in [0.15, 0.2) is 18.1 Å². The topological polar surface area (TPSA) is 95.5 Å². The van der Waals surface area contributed by atoms with E-state index in [2.05, 4.69) is 17.5 Å². The quantitative estimate of drug-likeness (QED) is 0.0997. The molecule has 0 aliphatic heterocycles. The molecule has 0 radical (unpaired) electrons. The van der Waals surface area contributed by atoms with Crippen molar-refractivity contribution in [3.8, 4) is 23.0 Å². The number of halogens is 2. The fraction of sp³-hybridized carbons (Fsp3) is 0.222. The van der Waals surface area contributed by atoms with Gasteiger partial charge in [-0.15, -0.1) is 0 Å². The Labute approximate surface area is 225 Å². The molecule has 0 unspecified atom stereocenters. The van der Waals surface area contributed by atoms with Crippen molar-refractivity contribution >= 4 is 41.3 Å². The van der Waals surface area contributed by atoms with Crippen LogP contribution in [0.1, 0.15) is 35.7 Å². The molecule has 0 aliphatic rings. The van der Waals surface area contributed by atoms with Gasteiger partial charge in [-0.25, -0.2) is 10.2 Å². The molecule has 1 amide bonds. The number of esters is 1. The molecule has 37 heavy (non-hydrogen) atoms. The number of benzene rings is 3. The van der Waals surface area contributed by atoms with Crippen LogP contribution in [-0.4, -0.2) is 38.4 Å². The van der Waals surface area contributed by atoms with Crippen LogP contribution in [-0.2, 0) is 4.79 Å². The number of amides is 1. The number of nitrogens with zero attached hydrogens (tertiary/aromatic N) is 1. The third kappa shape index (κ3) is 8.70. The van der Waals surface area contributed by atoms with Gasteiger partial charge in [0.1, 0.15) is 11.5 Å². The molecular formula is C27H26Cl2N2O6. The summed E-state index contributed by atoms with van der Waals surface area (Å²) in [5.41, 5.74) is 3.24. The fourth-order valence-corrected chi connectivity index (χ4v) is 3.26. The van der Waals surface area contributed by atoms with Crippen molar-refractivity contribution in [3.63, 3.8) is 0 Å². The van der Waals surface area contributed by atoms with E-state index in [0.29, 0.717) is 28.7 Å². The minimum atomic E-state index is -0.621. The van der Waals surface area contributed by atoms with Crippen LogP contribution in [0.3, 0.4) is 0 Å². The Morgan fingerprint density at radius 1 is 0.919 bits per heavy atom. The smallest absolute Gasteiger partial charge is 0.343 e. The summed E-state index contributed by atoms with van der Waals surface area (Å²) in [6.07, 6.45) is 3.48. The van der Waals surface area contributed by atoms with E-state index in [1.165, 1.54) is 31.5 Å². The normalized spacial score (nSPS) is 10.7. The van der Waals surface area contributed by atoms with Gasteiger partial charge in [0.05, 0.1) is 35.5 Å². The van der Waals surface area contributed by atoms with Crippen molar-refractivity contribution in [2.75, 3.05) is 20.3 Å². The second-order valence-electron chi connectivity index (χ2n) is 7.68. The number of methoxy groups -OCH3 is 1. The Morgan fingerprint density at radius 2 is 1.65 bits per heavy atom. The molecule has 3 aromatic carbocycles. The first-order chi connectivity index (χ1) is 17.9. The highest BCUT2D eigenvalue weighted by Gasteiger charge is 2.14. The van der Waals surface area contributed by atoms with Gasteiger partial charge in [-0.1, -0.05) is 36.5 Å². The first-order valence-electron chi connectivity index (χ1n) is 11.4. The van der Waals surface area contributed by atoms with Gasteiger partial charge >= 0.3 is 5.97 Å². The Hall–Kier alpha value is -3.75. The second-order valence-corrected chi connectivity index (χ2v) is 8.50. The Bertz CT molecular complexity index is 1250. The third-order valence-corrected chi connectivity index (χ3v) is 5.65. The predicted octanol–water partition coefficient (Wildman–Crippen LogP) is 5.93. The van der Waals surface area contributed by atoms with Crippen LogP contribution in [0.4, 0.5) is 0 Å². The molecule has 3 rings (SSSR count). The summed E-state index contributed by atoms with van der Waals surface area (Å²) in [6.45, 7) is 2.55. The highest BCUT2D eigenvalue weighted by Crippen LogP contribution is 2.29. The number of hydrogen-bond acceptors (Lipinski definition) is 7. The molecule has 194 valence electrons. The average Bonchev–Trinajstić information content (AvgIpc) is 2.90. The predicted molar refractivity (Wildman–Crippen MR) is 142 cm³/mol. The first-order valence-corrected chi connectivity index (χ1v) is 12.2. The van der Waals surface area contributed by atoms with E-state index in [-0.39, 0.29) is 22.9 Å². The number of hydrazone groups is 1. The number of ether oxygens (including phenoxy) is 4. The molecule has 0 spiro atoms. The lowest BCUT2D eigenvalue weighted by atomic mass is 10.2. The molecule has 0 aliphatic carbocycles. The van der Waals surface area contributed by atoms with Crippen LogP contribution in [0.15, 0.2) is 65.8 Å². The molecule has 0 bridgehead atoms. The van der Waals surface area contributed by atoms with Crippen LogP contribution in [0.25, 0.3) is 0 Å². The van der Waals surface area contributed by atoms with E-state index >= 15 is 0 Å². The van der Waals surface area contributed by atoms with Crippen molar-refractivity contribution in [1.82, 2.24) is 5.43 Å². The molecule has 8 nitrogen and oxygen atoms in total. The number of carbonyl (C=O) groups excluding carboxylic acids is 2. The van der Waals surface area contributed by atoms with Gasteiger partial charge < -0.3 is 18.9 Å². The zero-order chi connectivity index (χ0) is 26.6. The largest absolute Gasteiger partial charge is 0.494 e. The number of carbonyl (C=O) groups is 2. The SMILES string of the molecule is CCCCOc1ccc(OCC(=O)NN=Cc2ccc(OC(=O)c3ccc(Cl)c(Cl)c3)c(OC)c2)cc1. The van der Waals surface area contributed by atoms with Gasteiger partial charge in [0.25, 0.3) is 5.91 Å². The molecule has 10 heteroatoms. The van der Waals surface area contributed by atoms with E-state index < -0.39 is 11.9 Å². The van der Waals surface area contributed by atoms with Crippen molar-refractivity contribution in [1.29, 1.82) is 0 Å². The summed E-state index contributed by atoms with van der Waals surface area (Å²) in [7, 11) is 1.44. The summed E-state index contributed by atoms with van der Waals surface area (Å²) in [5, 5.41) is 4.50. The molecule has 3 aromatic rings. The summed E-state index contributed by atoms with van der Waals surface area (Å²) < 4.78 is 21.8. The van der Waals surface area contributed by atoms with Gasteiger partial charge in [-0.3, -0.25) is 4.79 Å². The van der Waals surface area contributed by atoms with Crippen molar-refractivity contribution < 1.29 is 28.5 Å². The minimum Gasteiger partial charge on any atom is -0.494 e.